The molecule has 20 heavy (non-hydrogen) atoms. The van der Waals surface area contributed by atoms with E-state index < -0.39 is 0 Å². The molecule has 110 valence electrons. The van der Waals surface area contributed by atoms with Gasteiger partial charge in [-0.2, -0.15) is 0 Å². The molecule has 0 bridgehead atoms. The lowest BCUT2D eigenvalue weighted by molar-refractivity contribution is -0.120. The van der Waals surface area contributed by atoms with E-state index in [9.17, 15) is 4.79 Å². The van der Waals surface area contributed by atoms with E-state index in [1.54, 1.807) is 0 Å². The Bertz CT molecular complexity index is 419. The van der Waals surface area contributed by atoms with Crippen LogP contribution in [0.2, 0.25) is 0 Å². The largest absolute Gasteiger partial charge is 0.428 e. The van der Waals surface area contributed by atoms with Gasteiger partial charge in [0.05, 0.1) is 0 Å². The Morgan fingerprint density at radius 2 is 1.90 bits per heavy atom. The molecular weight excluding hydrogens is 248 g/mol. The molecule has 1 fully saturated rings. The number of carbonyl (C=O) groups excluding carboxylic acids is 1. The van der Waals surface area contributed by atoms with Gasteiger partial charge in [-0.1, -0.05) is 63.6 Å². The van der Waals surface area contributed by atoms with Crippen LogP contribution in [0.1, 0.15) is 70.3 Å². The van der Waals surface area contributed by atoms with Crippen molar-refractivity contribution in [1.29, 1.82) is 0 Å². The molecule has 0 saturated heterocycles. The molecule has 1 aliphatic carbocycles. The van der Waals surface area contributed by atoms with Crippen molar-refractivity contribution >= 4 is 6.47 Å². The Morgan fingerprint density at radius 1 is 1.15 bits per heavy atom. The normalized spacial score (nSPS) is 17.6. The molecule has 2 heteroatoms. The second-order valence-electron chi connectivity index (χ2n) is 6.01. The Hall–Kier alpha value is -1.31. The molecule has 0 atom stereocenters. The molecule has 1 aliphatic rings. The van der Waals surface area contributed by atoms with Gasteiger partial charge in [-0.05, 0) is 30.7 Å². The smallest absolute Gasteiger partial charge is 0.298 e. The fourth-order valence-corrected chi connectivity index (χ4v) is 3.66. The van der Waals surface area contributed by atoms with Crippen LogP contribution in [0, 0.1) is 0 Å². The minimum Gasteiger partial charge on any atom is -0.428 e. The van der Waals surface area contributed by atoms with Gasteiger partial charge in [-0.3, -0.25) is 4.79 Å². The van der Waals surface area contributed by atoms with Crippen molar-refractivity contribution < 1.29 is 9.53 Å². The van der Waals surface area contributed by atoms with Crippen molar-refractivity contribution in [2.24, 2.45) is 0 Å². The van der Waals surface area contributed by atoms with Crippen LogP contribution in [0.4, 0.5) is 0 Å². The van der Waals surface area contributed by atoms with Crippen LogP contribution < -0.4 is 4.74 Å². The summed E-state index contributed by atoms with van der Waals surface area (Å²) < 4.78 is 5.24. The molecule has 1 aromatic carbocycles. The monoisotopic (exact) mass is 274 g/mol. The molecule has 0 aromatic heterocycles. The first-order valence-electron chi connectivity index (χ1n) is 8.02. The molecule has 0 unspecified atom stereocenters. The van der Waals surface area contributed by atoms with Gasteiger partial charge in [0.1, 0.15) is 5.75 Å². The quantitative estimate of drug-likeness (QED) is 0.516. The van der Waals surface area contributed by atoms with Gasteiger partial charge in [0, 0.05) is 5.56 Å². The maximum Gasteiger partial charge on any atom is 0.298 e. The standard InChI is InChI=1S/C18H26O2/c1-2-3-7-12-18(13-8-4-9-14-18)16-10-5-6-11-17(16)20-15-19/h5-6,10-11,15H,2-4,7-9,12-14H2,1H3. The van der Waals surface area contributed by atoms with Gasteiger partial charge in [-0.25, -0.2) is 0 Å². The van der Waals surface area contributed by atoms with E-state index in [2.05, 4.69) is 19.1 Å². The predicted molar refractivity (Wildman–Crippen MR) is 82.0 cm³/mol. The zero-order valence-corrected chi connectivity index (χ0v) is 12.6. The second kappa shape index (κ2) is 7.47. The fraction of sp³-hybridized carbons (Fsp3) is 0.611. The van der Waals surface area contributed by atoms with E-state index in [1.807, 2.05) is 12.1 Å². The summed E-state index contributed by atoms with van der Waals surface area (Å²) in [7, 11) is 0. The summed E-state index contributed by atoms with van der Waals surface area (Å²) in [4.78, 5) is 10.8. The van der Waals surface area contributed by atoms with E-state index in [1.165, 1.54) is 63.4 Å². The first kappa shape index (κ1) is 15.1. The highest BCUT2D eigenvalue weighted by atomic mass is 16.5. The highest BCUT2D eigenvalue weighted by molar-refractivity contribution is 5.50. The van der Waals surface area contributed by atoms with Crippen LogP contribution in [-0.4, -0.2) is 6.47 Å². The summed E-state index contributed by atoms with van der Waals surface area (Å²) in [5, 5.41) is 0. The van der Waals surface area contributed by atoms with E-state index in [0.29, 0.717) is 6.47 Å². The lowest BCUT2D eigenvalue weighted by atomic mass is 9.66. The zero-order chi connectivity index (χ0) is 14.3. The van der Waals surface area contributed by atoms with Crippen LogP contribution in [0.5, 0.6) is 5.75 Å². The van der Waals surface area contributed by atoms with Gasteiger partial charge in [0.2, 0.25) is 0 Å². The Labute approximate surface area is 122 Å². The number of carbonyl (C=O) groups is 1. The van der Waals surface area contributed by atoms with E-state index in [0.717, 1.165) is 5.75 Å². The first-order valence-corrected chi connectivity index (χ1v) is 8.02. The fourth-order valence-electron chi connectivity index (χ4n) is 3.66. The number of para-hydroxylation sites is 1. The third-order valence-electron chi connectivity index (χ3n) is 4.70. The molecule has 2 nitrogen and oxygen atoms in total. The summed E-state index contributed by atoms with van der Waals surface area (Å²) in [5.41, 5.74) is 1.48. The summed E-state index contributed by atoms with van der Waals surface area (Å²) in [6.07, 6.45) is 11.4. The van der Waals surface area contributed by atoms with E-state index >= 15 is 0 Å². The number of ether oxygens (including phenoxy) is 1. The Kier molecular flexibility index (Phi) is 5.63. The summed E-state index contributed by atoms with van der Waals surface area (Å²) in [6, 6.07) is 8.12. The van der Waals surface area contributed by atoms with Crippen molar-refractivity contribution in [1.82, 2.24) is 0 Å². The molecule has 0 amide bonds. The number of benzene rings is 1. The molecule has 1 saturated carbocycles. The number of hydrogen-bond acceptors (Lipinski definition) is 2. The lowest BCUT2D eigenvalue weighted by Crippen LogP contribution is -2.29. The first-order chi connectivity index (χ1) is 9.82. The maximum atomic E-state index is 10.8. The minimum atomic E-state index is 0.229. The van der Waals surface area contributed by atoms with Gasteiger partial charge in [0.15, 0.2) is 0 Å². The molecule has 0 aliphatic heterocycles. The van der Waals surface area contributed by atoms with Crippen molar-refractivity contribution in [2.45, 2.75) is 70.1 Å². The molecule has 0 N–H and O–H groups in total. The van der Waals surface area contributed by atoms with Crippen LogP contribution in [0.15, 0.2) is 24.3 Å². The van der Waals surface area contributed by atoms with Crippen LogP contribution in [-0.2, 0) is 10.2 Å². The van der Waals surface area contributed by atoms with Crippen LogP contribution in [0.3, 0.4) is 0 Å². The number of rotatable bonds is 7. The predicted octanol–water partition coefficient (Wildman–Crippen LogP) is 5.00. The zero-order valence-electron chi connectivity index (χ0n) is 12.6. The van der Waals surface area contributed by atoms with Gasteiger partial charge in [0.25, 0.3) is 6.47 Å². The average Bonchev–Trinajstić information content (AvgIpc) is 2.49. The minimum absolute atomic E-state index is 0.229. The maximum absolute atomic E-state index is 10.8. The highest BCUT2D eigenvalue weighted by Gasteiger charge is 2.35. The lowest BCUT2D eigenvalue weighted by Gasteiger charge is -2.39. The van der Waals surface area contributed by atoms with Crippen molar-refractivity contribution in [3.63, 3.8) is 0 Å². The van der Waals surface area contributed by atoms with E-state index in [-0.39, 0.29) is 5.41 Å². The van der Waals surface area contributed by atoms with Crippen molar-refractivity contribution in [3.8, 4) is 5.75 Å². The molecule has 0 spiro atoms. The molecule has 0 heterocycles. The van der Waals surface area contributed by atoms with Crippen LogP contribution in [0.25, 0.3) is 0 Å². The third kappa shape index (κ3) is 3.41. The van der Waals surface area contributed by atoms with E-state index in [4.69, 9.17) is 4.74 Å². The second-order valence-corrected chi connectivity index (χ2v) is 6.01. The number of hydrogen-bond donors (Lipinski definition) is 0. The number of unbranched alkanes of at least 4 members (excludes halogenated alkanes) is 2. The SMILES string of the molecule is CCCCCC1(c2ccccc2OC=O)CCCCC1. The summed E-state index contributed by atoms with van der Waals surface area (Å²) in [6.45, 7) is 2.80. The molecule has 0 radical (unpaired) electrons. The van der Waals surface area contributed by atoms with Gasteiger partial charge in [-0.15, -0.1) is 0 Å². The summed E-state index contributed by atoms with van der Waals surface area (Å²) >= 11 is 0. The van der Waals surface area contributed by atoms with Crippen LogP contribution >= 0.6 is 0 Å². The van der Waals surface area contributed by atoms with Crippen molar-refractivity contribution in [2.75, 3.05) is 0 Å². The third-order valence-corrected chi connectivity index (χ3v) is 4.70. The Balaban J connectivity index is 2.27. The average molecular weight is 274 g/mol. The molecule has 2 rings (SSSR count). The Morgan fingerprint density at radius 3 is 2.60 bits per heavy atom. The molecular formula is C18H26O2. The van der Waals surface area contributed by atoms with Crippen molar-refractivity contribution in [3.05, 3.63) is 29.8 Å². The molecule has 1 aromatic rings. The topological polar surface area (TPSA) is 26.3 Å². The summed E-state index contributed by atoms with van der Waals surface area (Å²) in [5.74, 6) is 0.765. The highest BCUT2D eigenvalue weighted by Crippen LogP contribution is 2.46. The van der Waals surface area contributed by atoms with Gasteiger partial charge < -0.3 is 4.74 Å². The van der Waals surface area contributed by atoms with Gasteiger partial charge >= 0.3 is 0 Å².